The van der Waals surface area contributed by atoms with Crippen LogP contribution in [0.3, 0.4) is 0 Å². The third-order valence-electron chi connectivity index (χ3n) is 3.98. The molecule has 2 N–H and O–H groups in total. The molecule has 0 radical (unpaired) electrons. The van der Waals surface area contributed by atoms with Crippen molar-refractivity contribution in [3.05, 3.63) is 29.1 Å². The van der Waals surface area contributed by atoms with Gasteiger partial charge in [-0.2, -0.15) is 4.98 Å². The van der Waals surface area contributed by atoms with Gasteiger partial charge in [0.2, 0.25) is 11.7 Å². The number of ether oxygens (including phenoxy) is 1. The molecule has 0 saturated heterocycles. The second-order valence-electron chi connectivity index (χ2n) is 5.60. The Morgan fingerprint density at radius 1 is 1.38 bits per heavy atom. The summed E-state index contributed by atoms with van der Waals surface area (Å²) in [4.78, 5) is 4.45. The van der Waals surface area contributed by atoms with Crippen LogP contribution in [-0.2, 0) is 6.42 Å². The van der Waals surface area contributed by atoms with Crippen LogP contribution in [0.25, 0.3) is 11.4 Å². The lowest BCUT2D eigenvalue weighted by atomic mass is 9.95. The molecule has 0 bridgehead atoms. The van der Waals surface area contributed by atoms with Crippen LogP contribution in [0.1, 0.15) is 31.6 Å². The fourth-order valence-corrected chi connectivity index (χ4v) is 3.01. The van der Waals surface area contributed by atoms with E-state index in [1.807, 2.05) is 6.07 Å². The molecule has 2 aromatic rings. The number of nitrogens with zero attached hydrogens (tertiary/aromatic N) is 2. The molecule has 1 saturated carbocycles. The maximum Gasteiger partial charge on any atom is 0.228 e. The normalized spacial score (nSPS) is 17.1. The van der Waals surface area contributed by atoms with Gasteiger partial charge in [-0.25, -0.2) is 0 Å². The third-order valence-corrected chi connectivity index (χ3v) is 4.21. The molecule has 1 aromatic heterocycles. The van der Waals surface area contributed by atoms with Gasteiger partial charge in [0.15, 0.2) is 0 Å². The maximum atomic E-state index is 6.35. The molecule has 21 heavy (non-hydrogen) atoms. The van der Waals surface area contributed by atoms with Gasteiger partial charge in [-0.3, -0.25) is 0 Å². The zero-order chi connectivity index (χ0) is 14.9. The van der Waals surface area contributed by atoms with Crippen LogP contribution in [0.15, 0.2) is 22.7 Å². The Morgan fingerprint density at radius 2 is 2.14 bits per heavy atom. The van der Waals surface area contributed by atoms with Gasteiger partial charge < -0.3 is 15.0 Å². The standard InChI is InChI=1S/C15H18ClN3O2/c1-20-12-8-10(16)4-5-11(12)14-18-13(21-19-14)9-15(17)6-2-3-7-15/h4-5,8H,2-3,6-7,9,17H2,1H3. The number of nitrogens with two attached hydrogens (primary N) is 1. The van der Waals surface area contributed by atoms with Crippen molar-refractivity contribution in [2.75, 3.05) is 7.11 Å². The van der Waals surface area contributed by atoms with Crippen LogP contribution in [0, 0.1) is 0 Å². The summed E-state index contributed by atoms with van der Waals surface area (Å²) in [7, 11) is 1.59. The summed E-state index contributed by atoms with van der Waals surface area (Å²) < 4.78 is 10.7. The summed E-state index contributed by atoms with van der Waals surface area (Å²) in [6, 6.07) is 5.33. The average Bonchev–Trinajstić information content (AvgIpc) is 3.08. The van der Waals surface area contributed by atoms with Gasteiger partial charge >= 0.3 is 0 Å². The van der Waals surface area contributed by atoms with E-state index in [2.05, 4.69) is 10.1 Å². The molecule has 0 spiro atoms. The molecule has 0 unspecified atom stereocenters. The molecule has 5 nitrogen and oxygen atoms in total. The van der Waals surface area contributed by atoms with Crippen molar-refractivity contribution in [1.82, 2.24) is 10.1 Å². The Hall–Kier alpha value is -1.59. The first kappa shape index (κ1) is 14.4. The predicted molar refractivity (Wildman–Crippen MR) is 80.4 cm³/mol. The van der Waals surface area contributed by atoms with Gasteiger partial charge in [-0.05, 0) is 31.0 Å². The number of benzene rings is 1. The van der Waals surface area contributed by atoms with Gasteiger partial charge in [-0.1, -0.05) is 29.6 Å². The van der Waals surface area contributed by atoms with Crippen LogP contribution in [-0.4, -0.2) is 22.8 Å². The number of methoxy groups -OCH3 is 1. The van der Waals surface area contributed by atoms with Crippen LogP contribution >= 0.6 is 11.6 Å². The van der Waals surface area contributed by atoms with Crippen molar-refractivity contribution < 1.29 is 9.26 Å². The van der Waals surface area contributed by atoms with Crippen molar-refractivity contribution in [2.45, 2.75) is 37.6 Å². The molecule has 1 aliphatic rings. The van der Waals surface area contributed by atoms with E-state index in [1.165, 1.54) is 12.8 Å². The maximum absolute atomic E-state index is 6.35. The first-order chi connectivity index (χ1) is 10.1. The summed E-state index contributed by atoms with van der Waals surface area (Å²) in [5.41, 5.74) is 6.90. The highest BCUT2D eigenvalue weighted by Gasteiger charge is 2.31. The molecular weight excluding hydrogens is 290 g/mol. The predicted octanol–water partition coefficient (Wildman–Crippen LogP) is 3.21. The van der Waals surface area contributed by atoms with Crippen molar-refractivity contribution >= 4 is 11.6 Å². The molecule has 1 aromatic carbocycles. The molecular formula is C15H18ClN3O2. The van der Waals surface area contributed by atoms with Crippen LogP contribution in [0.5, 0.6) is 5.75 Å². The van der Waals surface area contributed by atoms with Gasteiger partial charge in [0.05, 0.1) is 12.7 Å². The Bertz CT molecular complexity index is 636. The van der Waals surface area contributed by atoms with E-state index in [9.17, 15) is 0 Å². The van der Waals surface area contributed by atoms with Crippen molar-refractivity contribution in [3.63, 3.8) is 0 Å². The molecule has 6 heteroatoms. The van der Waals surface area contributed by atoms with E-state index < -0.39 is 0 Å². The SMILES string of the molecule is COc1cc(Cl)ccc1-c1noc(CC2(N)CCCC2)n1. The Balaban J connectivity index is 1.85. The topological polar surface area (TPSA) is 74.2 Å². The Morgan fingerprint density at radius 3 is 2.86 bits per heavy atom. The Kier molecular flexibility index (Phi) is 3.87. The quantitative estimate of drug-likeness (QED) is 0.938. The fourth-order valence-electron chi connectivity index (χ4n) is 2.84. The smallest absolute Gasteiger partial charge is 0.228 e. The minimum Gasteiger partial charge on any atom is -0.496 e. The van der Waals surface area contributed by atoms with Gasteiger partial charge in [-0.15, -0.1) is 0 Å². The van der Waals surface area contributed by atoms with Gasteiger partial charge in [0, 0.05) is 17.0 Å². The number of rotatable bonds is 4. The molecule has 112 valence electrons. The minimum atomic E-state index is -0.201. The van der Waals surface area contributed by atoms with E-state index in [0.29, 0.717) is 28.9 Å². The van der Waals surface area contributed by atoms with E-state index in [1.54, 1.807) is 19.2 Å². The summed E-state index contributed by atoms with van der Waals surface area (Å²) in [5.74, 6) is 1.70. The van der Waals surface area contributed by atoms with Gasteiger partial charge in [0.25, 0.3) is 0 Å². The largest absolute Gasteiger partial charge is 0.496 e. The van der Waals surface area contributed by atoms with Crippen molar-refractivity contribution in [3.8, 4) is 17.1 Å². The monoisotopic (exact) mass is 307 g/mol. The van der Waals surface area contributed by atoms with Crippen LogP contribution in [0.2, 0.25) is 5.02 Å². The number of hydrogen-bond acceptors (Lipinski definition) is 5. The van der Waals surface area contributed by atoms with Gasteiger partial charge in [0.1, 0.15) is 5.75 Å². The second-order valence-corrected chi connectivity index (χ2v) is 6.04. The number of aromatic nitrogens is 2. The molecule has 0 aliphatic heterocycles. The molecule has 1 aliphatic carbocycles. The highest BCUT2D eigenvalue weighted by Crippen LogP contribution is 2.33. The Labute approximate surface area is 128 Å². The lowest BCUT2D eigenvalue weighted by Crippen LogP contribution is -2.38. The number of halogens is 1. The second kappa shape index (κ2) is 5.66. The van der Waals surface area contributed by atoms with Crippen molar-refractivity contribution in [2.24, 2.45) is 5.73 Å². The molecule has 0 amide bonds. The molecule has 0 atom stereocenters. The fraction of sp³-hybridized carbons (Fsp3) is 0.467. The lowest BCUT2D eigenvalue weighted by Gasteiger charge is -2.20. The number of hydrogen-bond donors (Lipinski definition) is 1. The first-order valence-electron chi connectivity index (χ1n) is 7.05. The van der Waals surface area contributed by atoms with E-state index in [4.69, 9.17) is 26.6 Å². The summed E-state index contributed by atoms with van der Waals surface area (Å²) in [6.45, 7) is 0. The summed E-state index contributed by atoms with van der Waals surface area (Å²) in [6.07, 6.45) is 4.98. The van der Waals surface area contributed by atoms with E-state index >= 15 is 0 Å². The van der Waals surface area contributed by atoms with E-state index in [-0.39, 0.29) is 5.54 Å². The molecule has 1 fully saturated rings. The highest BCUT2D eigenvalue weighted by atomic mass is 35.5. The zero-order valence-electron chi connectivity index (χ0n) is 11.9. The average molecular weight is 308 g/mol. The lowest BCUT2D eigenvalue weighted by molar-refractivity contribution is 0.329. The third kappa shape index (κ3) is 3.04. The van der Waals surface area contributed by atoms with E-state index in [0.717, 1.165) is 18.4 Å². The highest BCUT2D eigenvalue weighted by molar-refractivity contribution is 6.30. The molecule has 1 heterocycles. The van der Waals surface area contributed by atoms with Crippen molar-refractivity contribution in [1.29, 1.82) is 0 Å². The first-order valence-corrected chi connectivity index (χ1v) is 7.43. The summed E-state index contributed by atoms with van der Waals surface area (Å²) in [5, 5.41) is 4.64. The molecule has 3 rings (SSSR count). The minimum absolute atomic E-state index is 0.201. The zero-order valence-corrected chi connectivity index (χ0v) is 12.7. The van der Waals surface area contributed by atoms with Crippen LogP contribution < -0.4 is 10.5 Å². The summed E-state index contributed by atoms with van der Waals surface area (Å²) >= 11 is 5.96. The van der Waals surface area contributed by atoms with Crippen LogP contribution in [0.4, 0.5) is 0 Å².